The summed E-state index contributed by atoms with van der Waals surface area (Å²) in [6.45, 7) is 2.51. The Labute approximate surface area is 120 Å². The van der Waals surface area contributed by atoms with E-state index in [1.165, 1.54) is 5.56 Å². The van der Waals surface area contributed by atoms with Gasteiger partial charge < -0.3 is 11.1 Å². The number of amides is 1. The number of nitrogens with one attached hydrogen (secondary N) is 1. The topological polar surface area (TPSA) is 89.3 Å². The number of carbonyl (C=O) groups excluding carboxylic acids is 1. The second kappa shape index (κ2) is 7.40. The van der Waals surface area contributed by atoms with Gasteiger partial charge in [0.05, 0.1) is 11.8 Å². The first kappa shape index (κ1) is 16.7. The lowest BCUT2D eigenvalue weighted by atomic mass is 10.1. The molecule has 0 spiro atoms. The first-order valence-electron chi connectivity index (χ1n) is 6.54. The number of nitrogens with two attached hydrogens (primary N) is 1. The highest BCUT2D eigenvalue weighted by Gasteiger charge is 2.15. The third-order valence-corrected chi connectivity index (χ3v) is 3.91. The summed E-state index contributed by atoms with van der Waals surface area (Å²) in [4.78, 5) is 11.7. The van der Waals surface area contributed by atoms with Crippen LogP contribution in [0.4, 0.5) is 0 Å². The molecule has 3 N–H and O–H groups in total. The van der Waals surface area contributed by atoms with E-state index in [1.807, 2.05) is 25.1 Å². The number of hydrogen-bond donors (Lipinski definition) is 2. The van der Waals surface area contributed by atoms with Crippen LogP contribution in [0.1, 0.15) is 17.5 Å². The van der Waals surface area contributed by atoms with Gasteiger partial charge in [0.15, 0.2) is 0 Å². The molecule has 112 valence electrons. The number of aryl methyl sites for hydroxylation is 1. The lowest BCUT2D eigenvalue weighted by Crippen LogP contribution is -2.42. The van der Waals surface area contributed by atoms with Crippen LogP contribution in [-0.4, -0.2) is 38.9 Å². The second-order valence-electron chi connectivity index (χ2n) is 5.06. The Balaban J connectivity index is 2.32. The zero-order chi connectivity index (χ0) is 15.2. The van der Waals surface area contributed by atoms with Crippen LogP contribution in [0.2, 0.25) is 0 Å². The minimum absolute atomic E-state index is 0.0700. The minimum atomic E-state index is -3.08. The van der Waals surface area contributed by atoms with Crippen LogP contribution in [0.25, 0.3) is 0 Å². The summed E-state index contributed by atoms with van der Waals surface area (Å²) in [6.07, 6.45) is 2.01. The molecule has 1 atom stereocenters. The summed E-state index contributed by atoms with van der Waals surface area (Å²) in [5.74, 6) is -0.374. The zero-order valence-corrected chi connectivity index (χ0v) is 12.7. The summed E-state index contributed by atoms with van der Waals surface area (Å²) in [7, 11) is -3.08. The Morgan fingerprint density at radius 2 is 2.10 bits per heavy atom. The van der Waals surface area contributed by atoms with Crippen molar-refractivity contribution in [2.75, 3.05) is 18.6 Å². The van der Waals surface area contributed by atoms with Crippen molar-refractivity contribution in [1.29, 1.82) is 0 Å². The first-order valence-corrected chi connectivity index (χ1v) is 8.60. The van der Waals surface area contributed by atoms with Crippen molar-refractivity contribution in [3.8, 4) is 0 Å². The van der Waals surface area contributed by atoms with Gasteiger partial charge in [0.2, 0.25) is 5.91 Å². The second-order valence-corrected chi connectivity index (χ2v) is 7.31. The zero-order valence-electron chi connectivity index (χ0n) is 11.9. The fraction of sp³-hybridized carbons (Fsp3) is 0.500. The van der Waals surface area contributed by atoms with Crippen molar-refractivity contribution < 1.29 is 13.2 Å². The Hall–Kier alpha value is -1.40. The van der Waals surface area contributed by atoms with Crippen LogP contribution in [0, 0.1) is 6.92 Å². The third-order valence-electron chi connectivity index (χ3n) is 2.93. The lowest BCUT2D eigenvalue weighted by Gasteiger charge is -2.11. The smallest absolute Gasteiger partial charge is 0.236 e. The monoisotopic (exact) mass is 298 g/mol. The summed E-state index contributed by atoms with van der Waals surface area (Å²) in [5, 5.41) is 2.73. The molecule has 1 amide bonds. The number of carbonyl (C=O) groups is 1. The summed E-state index contributed by atoms with van der Waals surface area (Å²) >= 11 is 0. The average Bonchev–Trinajstić information content (AvgIpc) is 2.35. The van der Waals surface area contributed by atoms with Gasteiger partial charge in [0, 0.05) is 12.8 Å². The van der Waals surface area contributed by atoms with Gasteiger partial charge in [-0.25, -0.2) is 8.42 Å². The number of benzene rings is 1. The van der Waals surface area contributed by atoms with E-state index in [9.17, 15) is 13.2 Å². The van der Waals surface area contributed by atoms with E-state index in [0.717, 1.165) is 18.2 Å². The van der Waals surface area contributed by atoms with Crippen molar-refractivity contribution >= 4 is 15.7 Å². The van der Waals surface area contributed by atoms with Crippen LogP contribution in [0.3, 0.4) is 0 Å². The molecule has 0 saturated heterocycles. The molecule has 0 saturated carbocycles. The van der Waals surface area contributed by atoms with Crippen LogP contribution < -0.4 is 11.1 Å². The van der Waals surface area contributed by atoms with Crippen molar-refractivity contribution in [3.63, 3.8) is 0 Å². The fourth-order valence-corrected chi connectivity index (χ4v) is 2.48. The van der Waals surface area contributed by atoms with Gasteiger partial charge >= 0.3 is 0 Å². The van der Waals surface area contributed by atoms with Gasteiger partial charge in [-0.15, -0.1) is 0 Å². The van der Waals surface area contributed by atoms with E-state index in [-0.39, 0.29) is 18.1 Å². The molecular formula is C14H22N2O3S. The fourth-order valence-electron chi connectivity index (χ4n) is 1.80. The molecule has 0 aliphatic rings. The highest BCUT2D eigenvalue weighted by molar-refractivity contribution is 7.90. The largest absolute Gasteiger partial charge is 0.354 e. The van der Waals surface area contributed by atoms with Gasteiger partial charge in [-0.2, -0.15) is 0 Å². The molecule has 0 fully saturated rings. The molecule has 0 aromatic heterocycles. The quantitative estimate of drug-likeness (QED) is 0.763. The van der Waals surface area contributed by atoms with Crippen molar-refractivity contribution in [3.05, 3.63) is 35.4 Å². The normalized spacial score (nSPS) is 12.9. The maximum absolute atomic E-state index is 11.7. The summed E-state index contributed by atoms with van der Waals surface area (Å²) < 4.78 is 22.0. The molecule has 1 unspecified atom stereocenters. The number of hydrogen-bond acceptors (Lipinski definition) is 4. The molecule has 6 heteroatoms. The highest BCUT2D eigenvalue weighted by atomic mass is 32.2. The molecule has 1 rings (SSSR count). The van der Waals surface area contributed by atoms with Gasteiger partial charge in [0.1, 0.15) is 9.84 Å². The Bertz CT molecular complexity index is 555. The molecule has 0 aliphatic heterocycles. The van der Waals surface area contributed by atoms with Crippen molar-refractivity contribution in [2.24, 2.45) is 5.73 Å². The van der Waals surface area contributed by atoms with Crippen molar-refractivity contribution in [2.45, 2.75) is 25.8 Å². The molecule has 1 aromatic carbocycles. The number of sulfone groups is 1. The highest BCUT2D eigenvalue weighted by Crippen LogP contribution is 2.04. The summed E-state index contributed by atoms with van der Waals surface area (Å²) in [5.41, 5.74) is 7.98. The van der Waals surface area contributed by atoms with E-state index in [0.29, 0.717) is 6.54 Å². The third kappa shape index (κ3) is 6.68. The SMILES string of the molecule is Cc1cccc(CCNC(=O)C(N)CCS(C)(=O)=O)c1. The molecule has 0 heterocycles. The maximum Gasteiger partial charge on any atom is 0.236 e. The van der Waals surface area contributed by atoms with E-state index < -0.39 is 15.9 Å². The van der Waals surface area contributed by atoms with E-state index in [1.54, 1.807) is 0 Å². The first-order chi connectivity index (χ1) is 9.28. The van der Waals surface area contributed by atoms with E-state index >= 15 is 0 Å². The van der Waals surface area contributed by atoms with Crippen LogP contribution in [-0.2, 0) is 21.1 Å². The molecule has 5 nitrogen and oxygen atoms in total. The number of rotatable bonds is 7. The molecule has 20 heavy (non-hydrogen) atoms. The Kier molecular flexibility index (Phi) is 6.16. The minimum Gasteiger partial charge on any atom is -0.354 e. The van der Waals surface area contributed by atoms with Gasteiger partial charge in [-0.05, 0) is 25.3 Å². The Morgan fingerprint density at radius 3 is 2.70 bits per heavy atom. The molecule has 1 aromatic rings. The van der Waals surface area contributed by atoms with E-state index in [4.69, 9.17) is 5.73 Å². The average molecular weight is 298 g/mol. The van der Waals surface area contributed by atoms with E-state index in [2.05, 4.69) is 11.4 Å². The summed E-state index contributed by atoms with van der Waals surface area (Å²) in [6, 6.07) is 7.29. The molecule has 0 bridgehead atoms. The lowest BCUT2D eigenvalue weighted by molar-refractivity contribution is -0.122. The Morgan fingerprint density at radius 1 is 1.40 bits per heavy atom. The standard InChI is InChI=1S/C14H22N2O3S/c1-11-4-3-5-12(10-11)6-8-16-14(17)13(15)7-9-20(2,18)19/h3-5,10,13H,6-9,15H2,1-2H3,(H,16,17). The van der Waals surface area contributed by atoms with Gasteiger partial charge in [0.25, 0.3) is 0 Å². The van der Waals surface area contributed by atoms with Crippen LogP contribution in [0.5, 0.6) is 0 Å². The maximum atomic E-state index is 11.7. The van der Waals surface area contributed by atoms with Gasteiger partial charge in [-0.3, -0.25) is 4.79 Å². The molecule has 0 radical (unpaired) electrons. The van der Waals surface area contributed by atoms with Crippen LogP contribution >= 0.6 is 0 Å². The predicted molar refractivity (Wildman–Crippen MR) is 80.2 cm³/mol. The molecular weight excluding hydrogens is 276 g/mol. The molecule has 0 aliphatic carbocycles. The van der Waals surface area contributed by atoms with Crippen LogP contribution in [0.15, 0.2) is 24.3 Å². The van der Waals surface area contributed by atoms with Crippen molar-refractivity contribution in [1.82, 2.24) is 5.32 Å². The van der Waals surface area contributed by atoms with Gasteiger partial charge in [-0.1, -0.05) is 29.8 Å². The predicted octanol–water partition coefficient (Wildman–Crippen LogP) is 0.416.